The summed E-state index contributed by atoms with van der Waals surface area (Å²) in [5.41, 5.74) is 1.71. The second-order valence-electron chi connectivity index (χ2n) is 3.06. The number of oxime groups is 1. The minimum atomic E-state index is 0.660. The Morgan fingerprint density at radius 3 is 2.50 bits per heavy atom. The van der Waals surface area contributed by atoms with Crippen LogP contribution in [-0.2, 0) is 0 Å². The number of nitrogens with zero attached hydrogens (tertiary/aromatic N) is 1. The molecule has 0 aliphatic rings. The predicted octanol–water partition coefficient (Wildman–Crippen LogP) is 3.27. The highest BCUT2D eigenvalue weighted by molar-refractivity contribution is 6.17. The zero-order valence-corrected chi connectivity index (χ0v) is 8.74. The number of halogens is 1. The standard InChI is InChI=1S/C11H14ClNO/c12-9-5-4-8-11(13-14)10-6-2-1-3-7-10/h1-3,6-7,14H,4-5,8-9H2/b13-11+. The maximum Gasteiger partial charge on any atom is 0.0867 e. The van der Waals surface area contributed by atoms with Crippen molar-refractivity contribution in [2.75, 3.05) is 5.88 Å². The highest BCUT2D eigenvalue weighted by atomic mass is 35.5. The third-order valence-electron chi connectivity index (χ3n) is 2.02. The first-order chi connectivity index (χ1) is 6.88. The Morgan fingerprint density at radius 2 is 1.93 bits per heavy atom. The summed E-state index contributed by atoms with van der Waals surface area (Å²) in [6.07, 6.45) is 2.68. The molecule has 1 rings (SSSR count). The van der Waals surface area contributed by atoms with E-state index < -0.39 is 0 Å². The van der Waals surface area contributed by atoms with E-state index >= 15 is 0 Å². The third-order valence-corrected chi connectivity index (χ3v) is 2.29. The lowest BCUT2D eigenvalue weighted by molar-refractivity contribution is 0.318. The van der Waals surface area contributed by atoms with Gasteiger partial charge in [-0.15, -0.1) is 11.6 Å². The van der Waals surface area contributed by atoms with Crippen LogP contribution in [0.25, 0.3) is 0 Å². The molecule has 0 aliphatic heterocycles. The summed E-state index contributed by atoms with van der Waals surface area (Å²) in [5.74, 6) is 0.660. The van der Waals surface area contributed by atoms with Gasteiger partial charge in [0.2, 0.25) is 0 Å². The molecular weight excluding hydrogens is 198 g/mol. The Hall–Kier alpha value is -1.02. The minimum absolute atomic E-state index is 0.660. The van der Waals surface area contributed by atoms with Crippen LogP contribution in [0.15, 0.2) is 35.5 Å². The van der Waals surface area contributed by atoms with Gasteiger partial charge in [-0.1, -0.05) is 35.5 Å². The largest absolute Gasteiger partial charge is 0.411 e. The molecule has 0 heterocycles. The van der Waals surface area contributed by atoms with Gasteiger partial charge in [0.15, 0.2) is 0 Å². The van der Waals surface area contributed by atoms with Crippen LogP contribution in [0.1, 0.15) is 24.8 Å². The van der Waals surface area contributed by atoms with E-state index in [-0.39, 0.29) is 0 Å². The zero-order valence-electron chi connectivity index (χ0n) is 7.99. The lowest BCUT2D eigenvalue weighted by Crippen LogP contribution is -2.00. The van der Waals surface area contributed by atoms with E-state index in [2.05, 4.69) is 5.16 Å². The highest BCUT2D eigenvalue weighted by Crippen LogP contribution is 2.08. The number of hydrogen-bond donors (Lipinski definition) is 1. The van der Waals surface area contributed by atoms with Gasteiger partial charge in [0, 0.05) is 5.88 Å². The van der Waals surface area contributed by atoms with E-state index in [1.807, 2.05) is 30.3 Å². The summed E-state index contributed by atoms with van der Waals surface area (Å²) in [5, 5.41) is 12.1. The highest BCUT2D eigenvalue weighted by Gasteiger charge is 2.02. The van der Waals surface area contributed by atoms with Gasteiger partial charge in [-0.3, -0.25) is 0 Å². The van der Waals surface area contributed by atoms with Crippen LogP contribution < -0.4 is 0 Å². The Kier molecular flexibility index (Phi) is 5.08. The molecule has 0 amide bonds. The second-order valence-corrected chi connectivity index (χ2v) is 3.44. The molecule has 0 bridgehead atoms. The summed E-state index contributed by atoms with van der Waals surface area (Å²) in [4.78, 5) is 0. The van der Waals surface area contributed by atoms with Crippen molar-refractivity contribution in [3.8, 4) is 0 Å². The number of benzene rings is 1. The van der Waals surface area contributed by atoms with Crippen LogP contribution in [-0.4, -0.2) is 16.8 Å². The van der Waals surface area contributed by atoms with Crippen molar-refractivity contribution in [2.24, 2.45) is 5.16 Å². The summed E-state index contributed by atoms with van der Waals surface area (Å²) in [6.45, 7) is 0. The summed E-state index contributed by atoms with van der Waals surface area (Å²) >= 11 is 5.57. The van der Waals surface area contributed by atoms with Crippen LogP contribution in [0.4, 0.5) is 0 Å². The van der Waals surface area contributed by atoms with Gasteiger partial charge < -0.3 is 5.21 Å². The Morgan fingerprint density at radius 1 is 1.21 bits per heavy atom. The smallest absolute Gasteiger partial charge is 0.0867 e. The molecule has 0 saturated carbocycles. The fraction of sp³-hybridized carbons (Fsp3) is 0.364. The normalized spacial score (nSPS) is 11.6. The van der Waals surface area contributed by atoms with Crippen molar-refractivity contribution in [2.45, 2.75) is 19.3 Å². The molecule has 0 radical (unpaired) electrons. The monoisotopic (exact) mass is 211 g/mol. The first-order valence-electron chi connectivity index (χ1n) is 4.71. The fourth-order valence-corrected chi connectivity index (χ4v) is 1.46. The molecule has 0 fully saturated rings. The molecule has 0 aliphatic carbocycles. The average Bonchev–Trinajstić information content (AvgIpc) is 2.26. The second kappa shape index (κ2) is 6.44. The third kappa shape index (κ3) is 3.38. The lowest BCUT2D eigenvalue weighted by atomic mass is 10.1. The van der Waals surface area contributed by atoms with Crippen LogP contribution in [0.3, 0.4) is 0 Å². The molecule has 14 heavy (non-hydrogen) atoms. The van der Waals surface area contributed by atoms with Gasteiger partial charge in [-0.2, -0.15) is 0 Å². The topological polar surface area (TPSA) is 32.6 Å². The lowest BCUT2D eigenvalue weighted by Gasteiger charge is -2.02. The van der Waals surface area contributed by atoms with Gasteiger partial charge in [-0.25, -0.2) is 0 Å². The summed E-state index contributed by atoms with van der Waals surface area (Å²) in [6, 6.07) is 9.69. The maximum absolute atomic E-state index is 8.83. The van der Waals surface area contributed by atoms with Crippen molar-refractivity contribution in [1.82, 2.24) is 0 Å². The molecule has 1 N–H and O–H groups in total. The zero-order chi connectivity index (χ0) is 10.2. The van der Waals surface area contributed by atoms with Crippen molar-refractivity contribution < 1.29 is 5.21 Å². The van der Waals surface area contributed by atoms with E-state index in [4.69, 9.17) is 16.8 Å². The fourth-order valence-electron chi connectivity index (χ4n) is 1.27. The quantitative estimate of drug-likeness (QED) is 0.262. The number of unbranched alkanes of at least 4 members (excludes halogenated alkanes) is 1. The van der Waals surface area contributed by atoms with Crippen molar-refractivity contribution in [1.29, 1.82) is 0 Å². The molecular formula is C11H14ClNO. The Bertz CT molecular complexity index is 285. The molecule has 0 spiro atoms. The molecule has 3 heteroatoms. The average molecular weight is 212 g/mol. The van der Waals surface area contributed by atoms with Crippen LogP contribution >= 0.6 is 11.6 Å². The molecule has 76 valence electrons. The minimum Gasteiger partial charge on any atom is -0.411 e. The van der Waals surface area contributed by atoms with Gasteiger partial charge >= 0.3 is 0 Å². The van der Waals surface area contributed by atoms with E-state index in [9.17, 15) is 0 Å². The van der Waals surface area contributed by atoms with Crippen molar-refractivity contribution in [3.63, 3.8) is 0 Å². The number of alkyl halides is 1. The van der Waals surface area contributed by atoms with Gasteiger partial charge in [-0.05, 0) is 24.8 Å². The van der Waals surface area contributed by atoms with E-state index in [0.717, 1.165) is 30.5 Å². The number of hydrogen-bond acceptors (Lipinski definition) is 2. The van der Waals surface area contributed by atoms with Crippen LogP contribution in [0.2, 0.25) is 0 Å². The molecule has 0 aromatic heterocycles. The van der Waals surface area contributed by atoms with Crippen LogP contribution in [0.5, 0.6) is 0 Å². The van der Waals surface area contributed by atoms with Crippen molar-refractivity contribution in [3.05, 3.63) is 35.9 Å². The molecule has 0 atom stereocenters. The maximum atomic E-state index is 8.83. The summed E-state index contributed by atoms with van der Waals surface area (Å²) in [7, 11) is 0. The molecule has 1 aromatic carbocycles. The Labute approximate surface area is 89.2 Å². The first kappa shape index (κ1) is 11.1. The molecule has 0 saturated heterocycles. The van der Waals surface area contributed by atoms with Gasteiger partial charge in [0.25, 0.3) is 0 Å². The SMILES string of the molecule is O/N=C(\CCCCCl)c1ccccc1. The van der Waals surface area contributed by atoms with E-state index in [1.165, 1.54) is 0 Å². The van der Waals surface area contributed by atoms with Gasteiger partial charge in [0.05, 0.1) is 5.71 Å². The van der Waals surface area contributed by atoms with E-state index in [0.29, 0.717) is 5.88 Å². The van der Waals surface area contributed by atoms with Crippen LogP contribution in [0, 0.1) is 0 Å². The first-order valence-corrected chi connectivity index (χ1v) is 5.24. The Balaban J connectivity index is 2.56. The predicted molar refractivity (Wildman–Crippen MR) is 59.3 cm³/mol. The van der Waals surface area contributed by atoms with Crippen molar-refractivity contribution >= 4 is 17.3 Å². The van der Waals surface area contributed by atoms with Gasteiger partial charge in [0.1, 0.15) is 0 Å². The molecule has 0 unspecified atom stereocenters. The number of rotatable bonds is 5. The summed E-state index contributed by atoms with van der Waals surface area (Å²) < 4.78 is 0. The molecule has 1 aromatic rings. The molecule has 2 nitrogen and oxygen atoms in total. The van der Waals surface area contributed by atoms with E-state index in [1.54, 1.807) is 0 Å².